The minimum absolute atomic E-state index is 0.190. The smallest absolute Gasteiger partial charge is 0.341 e. The van der Waals surface area contributed by atoms with Gasteiger partial charge in [-0.25, -0.2) is 4.79 Å². The Morgan fingerprint density at radius 3 is 2.46 bits per heavy atom. The van der Waals surface area contributed by atoms with Crippen molar-refractivity contribution < 1.29 is 23.8 Å². The Labute approximate surface area is 168 Å². The second-order valence-corrected chi connectivity index (χ2v) is 6.94. The Hall–Kier alpha value is -2.57. The van der Waals surface area contributed by atoms with Crippen LogP contribution in [0, 0.1) is 0 Å². The van der Waals surface area contributed by atoms with Crippen LogP contribution in [0.2, 0.25) is 5.02 Å². The van der Waals surface area contributed by atoms with Gasteiger partial charge < -0.3 is 19.5 Å². The second kappa shape index (κ2) is 8.63. The minimum Gasteiger partial charge on any atom is -0.496 e. The SMILES string of the molecule is COC(=O)c1cc(NC(=O)C2(c3ccccc3Cl)CCOCC2)ccc1OC. The molecule has 3 rings (SSSR count). The van der Waals surface area contributed by atoms with Crippen LogP contribution in [0.4, 0.5) is 5.69 Å². The number of nitrogens with one attached hydrogen (secondary N) is 1. The van der Waals surface area contributed by atoms with Crippen molar-refractivity contribution >= 4 is 29.2 Å². The molecule has 0 unspecified atom stereocenters. The van der Waals surface area contributed by atoms with Crippen molar-refractivity contribution in [3.63, 3.8) is 0 Å². The quantitative estimate of drug-likeness (QED) is 0.768. The van der Waals surface area contributed by atoms with Crippen LogP contribution in [0.1, 0.15) is 28.8 Å². The molecule has 1 amide bonds. The molecule has 1 N–H and O–H groups in total. The number of ether oxygens (including phenoxy) is 3. The third kappa shape index (κ3) is 3.84. The van der Waals surface area contributed by atoms with E-state index in [9.17, 15) is 9.59 Å². The molecule has 7 heteroatoms. The van der Waals surface area contributed by atoms with E-state index in [1.54, 1.807) is 24.3 Å². The molecule has 0 radical (unpaired) electrons. The lowest BCUT2D eigenvalue weighted by atomic mass is 9.73. The summed E-state index contributed by atoms with van der Waals surface area (Å²) in [7, 11) is 2.76. The minimum atomic E-state index is -0.804. The molecule has 1 heterocycles. The number of esters is 1. The molecular weight excluding hydrogens is 382 g/mol. The van der Waals surface area contributed by atoms with Crippen LogP contribution < -0.4 is 10.1 Å². The van der Waals surface area contributed by atoms with E-state index in [0.717, 1.165) is 5.56 Å². The predicted molar refractivity (Wildman–Crippen MR) is 106 cm³/mol. The third-order valence-corrected chi connectivity index (χ3v) is 5.36. The fraction of sp³-hybridized carbons (Fsp3) is 0.333. The van der Waals surface area contributed by atoms with Gasteiger partial charge in [0.15, 0.2) is 0 Å². The van der Waals surface area contributed by atoms with E-state index in [2.05, 4.69) is 5.32 Å². The number of hydrogen-bond acceptors (Lipinski definition) is 5. The van der Waals surface area contributed by atoms with Crippen molar-refractivity contribution in [3.05, 3.63) is 58.6 Å². The number of halogens is 1. The Morgan fingerprint density at radius 2 is 1.82 bits per heavy atom. The number of hydrogen-bond donors (Lipinski definition) is 1. The maximum Gasteiger partial charge on any atom is 0.341 e. The van der Waals surface area contributed by atoms with Crippen LogP contribution in [-0.2, 0) is 19.7 Å². The molecule has 0 aromatic heterocycles. The van der Waals surface area contributed by atoms with Gasteiger partial charge in [0, 0.05) is 23.9 Å². The lowest BCUT2D eigenvalue weighted by molar-refractivity contribution is -0.125. The Kier molecular flexibility index (Phi) is 6.21. The highest BCUT2D eigenvalue weighted by Crippen LogP contribution is 2.40. The summed E-state index contributed by atoms with van der Waals surface area (Å²) in [5.41, 5.74) is 0.687. The van der Waals surface area contributed by atoms with E-state index in [1.165, 1.54) is 14.2 Å². The number of benzene rings is 2. The fourth-order valence-corrected chi connectivity index (χ4v) is 3.81. The number of methoxy groups -OCH3 is 2. The van der Waals surface area contributed by atoms with Gasteiger partial charge in [0.25, 0.3) is 0 Å². The summed E-state index contributed by atoms with van der Waals surface area (Å²) in [5.74, 6) is -0.360. The van der Waals surface area contributed by atoms with Crippen LogP contribution in [0.3, 0.4) is 0 Å². The Morgan fingerprint density at radius 1 is 1.11 bits per heavy atom. The molecule has 1 fully saturated rings. The zero-order chi connectivity index (χ0) is 20.1. The monoisotopic (exact) mass is 403 g/mol. The predicted octanol–water partition coefficient (Wildman–Crippen LogP) is 3.82. The molecule has 28 heavy (non-hydrogen) atoms. The average Bonchev–Trinajstić information content (AvgIpc) is 2.73. The van der Waals surface area contributed by atoms with E-state index in [1.807, 2.05) is 18.2 Å². The summed E-state index contributed by atoms with van der Waals surface area (Å²) in [4.78, 5) is 25.4. The van der Waals surface area contributed by atoms with Gasteiger partial charge in [-0.15, -0.1) is 0 Å². The molecule has 1 aliphatic rings. The normalized spacial score (nSPS) is 15.5. The van der Waals surface area contributed by atoms with Crippen molar-refractivity contribution in [1.29, 1.82) is 0 Å². The molecule has 2 aromatic carbocycles. The third-order valence-electron chi connectivity index (χ3n) is 5.03. The Balaban J connectivity index is 1.95. The Bertz CT molecular complexity index is 877. The highest BCUT2D eigenvalue weighted by Gasteiger charge is 2.43. The topological polar surface area (TPSA) is 73.9 Å². The summed E-state index contributed by atoms with van der Waals surface area (Å²) in [6.45, 7) is 0.934. The van der Waals surface area contributed by atoms with Gasteiger partial charge in [0.2, 0.25) is 5.91 Å². The van der Waals surface area contributed by atoms with Crippen LogP contribution in [0.5, 0.6) is 5.75 Å². The number of carbonyl (C=O) groups excluding carboxylic acids is 2. The second-order valence-electron chi connectivity index (χ2n) is 6.54. The number of rotatable bonds is 5. The summed E-state index contributed by atoms with van der Waals surface area (Å²) < 4.78 is 15.5. The molecule has 6 nitrogen and oxygen atoms in total. The first-order valence-electron chi connectivity index (χ1n) is 8.92. The first kappa shape index (κ1) is 20.2. The van der Waals surface area contributed by atoms with E-state index in [0.29, 0.717) is 42.5 Å². The molecule has 0 bridgehead atoms. The number of carbonyl (C=O) groups is 2. The van der Waals surface area contributed by atoms with Gasteiger partial charge in [-0.3, -0.25) is 4.79 Å². The molecule has 1 aliphatic heterocycles. The maximum absolute atomic E-state index is 13.4. The lowest BCUT2D eigenvalue weighted by Gasteiger charge is -2.36. The van der Waals surface area contributed by atoms with Crippen LogP contribution >= 0.6 is 11.6 Å². The lowest BCUT2D eigenvalue weighted by Crippen LogP contribution is -2.45. The number of anilines is 1. The van der Waals surface area contributed by atoms with Gasteiger partial charge in [0.1, 0.15) is 11.3 Å². The standard InChI is InChI=1S/C21H22ClNO5/c1-26-18-8-7-14(13-15(18)19(24)27-2)23-20(25)21(9-11-28-12-10-21)16-5-3-4-6-17(16)22/h3-8,13H,9-12H2,1-2H3,(H,23,25). The van der Waals surface area contributed by atoms with Crippen LogP contribution in [0.25, 0.3) is 0 Å². The number of amides is 1. The van der Waals surface area contributed by atoms with E-state index in [-0.39, 0.29) is 11.5 Å². The zero-order valence-electron chi connectivity index (χ0n) is 15.8. The largest absolute Gasteiger partial charge is 0.496 e. The summed E-state index contributed by atoms with van der Waals surface area (Å²) in [5, 5.41) is 3.48. The first-order chi connectivity index (χ1) is 13.5. The molecule has 0 spiro atoms. The molecule has 0 atom stereocenters. The first-order valence-corrected chi connectivity index (χ1v) is 9.30. The van der Waals surface area contributed by atoms with Gasteiger partial charge in [0.05, 0.1) is 19.6 Å². The van der Waals surface area contributed by atoms with Crippen molar-refractivity contribution in [2.24, 2.45) is 0 Å². The summed E-state index contributed by atoms with van der Waals surface area (Å²) in [6, 6.07) is 12.2. The van der Waals surface area contributed by atoms with Crippen molar-refractivity contribution in [2.45, 2.75) is 18.3 Å². The molecule has 148 valence electrons. The molecule has 0 saturated carbocycles. The van der Waals surface area contributed by atoms with Crippen molar-refractivity contribution in [2.75, 3.05) is 32.8 Å². The van der Waals surface area contributed by atoms with Crippen LogP contribution in [0.15, 0.2) is 42.5 Å². The van der Waals surface area contributed by atoms with E-state index >= 15 is 0 Å². The molecular formula is C21H22ClNO5. The summed E-state index contributed by atoms with van der Waals surface area (Å²) >= 11 is 6.42. The van der Waals surface area contributed by atoms with Crippen molar-refractivity contribution in [3.8, 4) is 5.75 Å². The molecule has 2 aromatic rings. The van der Waals surface area contributed by atoms with Crippen LogP contribution in [-0.4, -0.2) is 39.3 Å². The van der Waals surface area contributed by atoms with Gasteiger partial charge in [-0.05, 0) is 42.7 Å². The fourth-order valence-electron chi connectivity index (χ4n) is 3.49. The maximum atomic E-state index is 13.4. The highest BCUT2D eigenvalue weighted by molar-refractivity contribution is 6.31. The van der Waals surface area contributed by atoms with Crippen molar-refractivity contribution in [1.82, 2.24) is 0 Å². The molecule has 0 aliphatic carbocycles. The van der Waals surface area contributed by atoms with E-state index < -0.39 is 11.4 Å². The highest BCUT2D eigenvalue weighted by atomic mass is 35.5. The zero-order valence-corrected chi connectivity index (χ0v) is 16.5. The average molecular weight is 404 g/mol. The van der Waals surface area contributed by atoms with Gasteiger partial charge in [-0.1, -0.05) is 29.8 Å². The molecule has 1 saturated heterocycles. The van der Waals surface area contributed by atoms with Gasteiger partial charge >= 0.3 is 5.97 Å². The van der Waals surface area contributed by atoms with E-state index in [4.69, 9.17) is 25.8 Å². The van der Waals surface area contributed by atoms with Gasteiger partial charge in [-0.2, -0.15) is 0 Å². The summed E-state index contributed by atoms with van der Waals surface area (Å²) in [6.07, 6.45) is 1.03.